The molecule has 1 aliphatic heterocycles. The van der Waals surface area contributed by atoms with E-state index in [0.29, 0.717) is 0 Å². The van der Waals surface area contributed by atoms with Gasteiger partial charge in [0.05, 0.1) is 5.69 Å². The van der Waals surface area contributed by atoms with Gasteiger partial charge in [0.2, 0.25) is 0 Å². The first-order chi connectivity index (χ1) is 10.4. The SMILES string of the molecule is c1ccc2c3c(ccc2c1)-c1cccc2cccc(c12)N3. The molecule has 1 aliphatic rings. The van der Waals surface area contributed by atoms with Crippen molar-refractivity contribution in [3.8, 4) is 11.1 Å². The van der Waals surface area contributed by atoms with Crippen molar-refractivity contribution in [3.63, 3.8) is 0 Å². The molecule has 0 atom stereocenters. The lowest BCUT2D eigenvalue weighted by Crippen LogP contribution is -2.01. The molecule has 0 bridgehead atoms. The molecule has 1 N–H and O–H groups in total. The molecule has 0 saturated heterocycles. The van der Waals surface area contributed by atoms with E-state index >= 15 is 0 Å². The number of fused-ring (bicyclic) bond motifs is 4. The molecular weight excluding hydrogens is 254 g/mol. The van der Waals surface area contributed by atoms with Crippen molar-refractivity contribution in [1.29, 1.82) is 0 Å². The van der Waals surface area contributed by atoms with Crippen LogP contribution in [0.2, 0.25) is 0 Å². The molecule has 0 fully saturated rings. The Morgan fingerprint density at radius 2 is 1.38 bits per heavy atom. The number of rotatable bonds is 0. The molecule has 4 aromatic carbocycles. The molecule has 1 heteroatoms. The molecule has 0 spiro atoms. The molecule has 4 aromatic rings. The molecule has 5 rings (SSSR count). The van der Waals surface area contributed by atoms with Crippen LogP contribution in [-0.4, -0.2) is 0 Å². The third kappa shape index (κ3) is 1.40. The van der Waals surface area contributed by atoms with Crippen LogP contribution in [0.1, 0.15) is 0 Å². The third-order valence-electron chi connectivity index (χ3n) is 4.38. The normalized spacial score (nSPS) is 12.2. The number of anilines is 2. The van der Waals surface area contributed by atoms with Gasteiger partial charge >= 0.3 is 0 Å². The molecule has 0 aliphatic carbocycles. The van der Waals surface area contributed by atoms with Crippen LogP contribution in [0.4, 0.5) is 11.4 Å². The van der Waals surface area contributed by atoms with Crippen molar-refractivity contribution in [2.75, 3.05) is 5.32 Å². The molecule has 1 heterocycles. The monoisotopic (exact) mass is 267 g/mol. The standard InChI is InChI=1S/C20H13N/c1-2-8-15-13(5-1)11-12-17-16-9-3-6-14-7-4-10-18(19(14)16)21-20(15)17/h1-12,21H. The zero-order valence-corrected chi connectivity index (χ0v) is 11.4. The predicted molar refractivity (Wildman–Crippen MR) is 90.2 cm³/mol. The van der Waals surface area contributed by atoms with Crippen LogP contribution in [-0.2, 0) is 0 Å². The minimum atomic E-state index is 1.20. The van der Waals surface area contributed by atoms with Crippen LogP contribution in [0, 0.1) is 0 Å². The fourth-order valence-corrected chi connectivity index (χ4v) is 3.43. The number of hydrogen-bond donors (Lipinski definition) is 1. The summed E-state index contributed by atoms with van der Waals surface area (Å²) in [5.41, 5.74) is 5.03. The Hall–Kier alpha value is -2.80. The molecule has 98 valence electrons. The largest absolute Gasteiger partial charge is 0.354 e. The second-order valence-electron chi connectivity index (χ2n) is 5.54. The Morgan fingerprint density at radius 1 is 0.571 bits per heavy atom. The van der Waals surface area contributed by atoms with Gasteiger partial charge in [-0.05, 0) is 22.4 Å². The topological polar surface area (TPSA) is 12.0 Å². The molecule has 0 saturated carbocycles. The zero-order valence-electron chi connectivity index (χ0n) is 11.4. The van der Waals surface area contributed by atoms with Gasteiger partial charge in [0.25, 0.3) is 0 Å². The van der Waals surface area contributed by atoms with E-state index in [0.717, 1.165) is 0 Å². The van der Waals surface area contributed by atoms with Gasteiger partial charge in [-0.2, -0.15) is 0 Å². The summed E-state index contributed by atoms with van der Waals surface area (Å²) in [6.45, 7) is 0. The van der Waals surface area contributed by atoms with Crippen molar-refractivity contribution >= 4 is 32.9 Å². The maximum absolute atomic E-state index is 3.65. The van der Waals surface area contributed by atoms with Gasteiger partial charge in [0, 0.05) is 22.0 Å². The minimum Gasteiger partial charge on any atom is -0.354 e. The fraction of sp³-hybridized carbons (Fsp3) is 0. The number of nitrogens with one attached hydrogen (secondary N) is 1. The van der Waals surface area contributed by atoms with Gasteiger partial charge < -0.3 is 5.32 Å². The fourth-order valence-electron chi connectivity index (χ4n) is 3.43. The smallest absolute Gasteiger partial charge is 0.0543 e. The first-order valence-electron chi connectivity index (χ1n) is 7.23. The Balaban J connectivity index is 1.98. The van der Waals surface area contributed by atoms with Gasteiger partial charge in [-0.15, -0.1) is 0 Å². The van der Waals surface area contributed by atoms with Crippen LogP contribution in [0.5, 0.6) is 0 Å². The van der Waals surface area contributed by atoms with E-state index in [-0.39, 0.29) is 0 Å². The summed E-state index contributed by atoms with van der Waals surface area (Å²) in [6.07, 6.45) is 0. The average Bonchev–Trinajstić information content (AvgIpc) is 2.55. The molecule has 0 aromatic heterocycles. The van der Waals surface area contributed by atoms with E-state index in [1.807, 2.05) is 0 Å². The lowest BCUT2D eigenvalue weighted by molar-refractivity contribution is 1.56. The summed E-state index contributed by atoms with van der Waals surface area (Å²) >= 11 is 0. The van der Waals surface area contributed by atoms with Crippen molar-refractivity contribution in [2.24, 2.45) is 0 Å². The average molecular weight is 267 g/mol. The highest BCUT2D eigenvalue weighted by molar-refractivity contribution is 6.16. The molecule has 0 radical (unpaired) electrons. The lowest BCUT2D eigenvalue weighted by atomic mass is 9.90. The number of benzene rings is 4. The van der Waals surface area contributed by atoms with Crippen molar-refractivity contribution in [3.05, 3.63) is 72.8 Å². The maximum atomic E-state index is 3.65. The van der Waals surface area contributed by atoms with Crippen LogP contribution < -0.4 is 5.32 Å². The van der Waals surface area contributed by atoms with Gasteiger partial charge in [-0.25, -0.2) is 0 Å². The van der Waals surface area contributed by atoms with Crippen LogP contribution in [0.15, 0.2) is 72.8 Å². The molecule has 0 unspecified atom stereocenters. The van der Waals surface area contributed by atoms with Gasteiger partial charge in [-0.1, -0.05) is 66.7 Å². The van der Waals surface area contributed by atoms with E-state index in [1.54, 1.807) is 0 Å². The van der Waals surface area contributed by atoms with Crippen molar-refractivity contribution < 1.29 is 0 Å². The Bertz CT molecular complexity index is 1010. The molecule has 0 amide bonds. The highest BCUT2D eigenvalue weighted by Gasteiger charge is 2.18. The van der Waals surface area contributed by atoms with Crippen molar-refractivity contribution in [2.45, 2.75) is 0 Å². The zero-order chi connectivity index (χ0) is 13.8. The summed E-state index contributed by atoms with van der Waals surface area (Å²) in [5.74, 6) is 0. The molecular formula is C20H13N. The summed E-state index contributed by atoms with van der Waals surface area (Å²) in [6, 6.07) is 26.0. The maximum Gasteiger partial charge on any atom is 0.0543 e. The van der Waals surface area contributed by atoms with Gasteiger partial charge in [-0.3, -0.25) is 0 Å². The minimum absolute atomic E-state index is 1.20. The van der Waals surface area contributed by atoms with Gasteiger partial charge in [0.15, 0.2) is 0 Å². The summed E-state index contributed by atoms with van der Waals surface area (Å²) in [5, 5.41) is 8.81. The van der Waals surface area contributed by atoms with E-state index in [1.165, 1.54) is 44.0 Å². The summed E-state index contributed by atoms with van der Waals surface area (Å²) in [7, 11) is 0. The van der Waals surface area contributed by atoms with Crippen LogP contribution in [0.3, 0.4) is 0 Å². The first-order valence-corrected chi connectivity index (χ1v) is 7.23. The van der Waals surface area contributed by atoms with Crippen LogP contribution >= 0.6 is 0 Å². The van der Waals surface area contributed by atoms with E-state index in [4.69, 9.17) is 0 Å². The van der Waals surface area contributed by atoms with E-state index in [2.05, 4.69) is 78.1 Å². The Kier molecular flexibility index (Phi) is 2.01. The second-order valence-corrected chi connectivity index (χ2v) is 5.54. The molecule has 21 heavy (non-hydrogen) atoms. The van der Waals surface area contributed by atoms with Crippen LogP contribution in [0.25, 0.3) is 32.7 Å². The van der Waals surface area contributed by atoms with E-state index in [9.17, 15) is 0 Å². The third-order valence-corrected chi connectivity index (χ3v) is 4.38. The Morgan fingerprint density at radius 3 is 2.33 bits per heavy atom. The predicted octanol–water partition coefficient (Wildman–Crippen LogP) is 5.72. The summed E-state index contributed by atoms with van der Waals surface area (Å²) < 4.78 is 0. The summed E-state index contributed by atoms with van der Waals surface area (Å²) in [4.78, 5) is 0. The first kappa shape index (κ1) is 10.9. The number of hydrogen-bond acceptors (Lipinski definition) is 1. The van der Waals surface area contributed by atoms with Crippen molar-refractivity contribution in [1.82, 2.24) is 0 Å². The highest BCUT2D eigenvalue weighted by Crippen LogP contribution is 2.46. The van der Waals surface area contributed by atoms with Gasteiger partial charge in [0.1, 0.15) is 0 Å². The Labute approximate surface area is 122 Å². The second kappa shape index (κ2) is 3.86. The lowest BCUT2D eigenvalue weighted by Gasteiger charge is -2.23. The highest BCUT2D eigenvalue weighted by atomic mass is 14.9. The van der Waals surface area contributed by atoms with E-state index < -0.39 is 0 Å². The molecule has 1 nitrogen and oxygen atoms in total. The quantitative estimate of drug-likeness (QED) is 0.378.